The summed E-state index contributed by atoms with van der Waals surface area (Å²) < 4.78 is 11.5. The van der Waals surface area contributed by atoms with Crippen molar-refractivity contribution in [2.45, 2.75) is 59.2 Å². The van der Waals surface area contributed by atoms with E-state index in [0.717, 1.165) is 6.42 Å². The third-order valence-corrected chi connectivity index (χ3v) is 3.31. The van der Waals surface area contributed by atoms with Crippen LogP contribution < -0.4 is 0 Å². The number of hydrogen-bond acceptors (Lipinski definition) is 2. The van der Waals surface area contributed by atoms with Gasteiger partial charge in [-0.2, -0.15) is 0 Å². The van der Waals surface area contributed by atoms with Crippen molar-refractivity contribution in [1.29, 1.82) is 0 Å². The van der Waals surface area contributed by atoms with Gasteiger partial charge in [0.1, 0.15) is 0 Å². The van der Waals surface area contributed by atoms with E-state index < -0.39 is 0 Å². The molecule has 0 aliphatic carbocycles. The van der Waals surface area contributed by atoms with Gasteiger partial charge in [-0.05, 0) is 34.1 Å². The fraction of sp³-hybridized carbons (Fsp3) is 0.833. The van der Waals surface area contributed by atoms with Gasteiger partial charge in [0.25, 0.3) is 0 Å². The van der Waals surface area contributed by atoms with E-state index in [1.807, 2.05) is 27.7 Å². The van der Waals surface area contributed by atoms with Crippen LogP contribution in [0.5, 0.6) is 0 Å². The van der Waals surface area contributed by atoms with Crippen molar-refractivity contribution in [3.05, 3.63) is 0 Å². The minimum absolute atomic E-state index is 0.276. The lowest BCUT2D eigenvalue weighted by Crippen LogP contribution is -2.41. The molecule has 0 aromatic carbocycles. The van der Waals surface area contributed by atoms with Crippen LogP contribution in [0.1, 0.15) is 48.0 Å². The normalized spacial score (nSPS) is 24.5. The lowest BCUT2D eigenvalue weighted by Gasteiger charge is -2.32. The van der Waals surface area contributed by atoms with Crippen molar-refractivity contribution in [2.24, 2.45) is 5.92 Å². The van der Waals surface area contributed by atoms with Crippen LogP contribution in [0.2, 0.25) is 0 Å². The summed E-state index contributed by atoms with van der Waals surface area (Å²) in [5.41, 5.74) is -0.552. The molecule has 2 nitrogen and oxygen atoms in total. The molecule has 1 unspecified atom stereocenters. The standard InChI is InChI=1S/C12H21BO2/c1-7-10(2)8-9-13-14-11(3,4)12(5,6)15-13/h10H,7H2,1-6H3. The molecule has 0 bridgehead atoms. The number of hydrogen-bond donors (Lipinski definition) is 0. The zero-order valence-electron chi connectivity index (χ0n) is 10.7. The summed E-state index contributed by atoms with van der Waals surface area (Å²) in [6.07, 6.45) is 1.06. The van der Waals surface area contributed by atoms with Crippen LogP contribution in [-0.2, 0) is 9.31 Å². The highest BCUT2D eigenvalue weighted by Crippen LogP contribution is 2.36. The van der Waals surface area contributed by atoms with Gasteiger partial charge < -0.3 is 9.31 Å². The largest absolute Gasteiger partial charge is 0.551 e. The average Bonchev–Trinajstić information content (AvgIpc) is 2.31. The maximum absolute atomic E-state index is 5.76. The first kappa shape index (κ1) is 12.6. The van der Waals surface area contributed by atoms with E-state index in [9.17, 15) is 0 Å². The quantitative estimate of drug-likeness (QED) is 0.487. The van der Waals surface area contributed by atoms with Crippen LogP contribution in [0.25, 0.3) is 0 Å². The van der Waals surface area contributed by atoms with E-state index in [1.165, 1.54) is 0 Å². The molecule has 0 spiro atoms. The minimum Gasteiger partial charge on any atom is -0.392 e. The Balaban J connectivity index is 2.66. The Labute approximate surface area is 93.9 Å². The molecule has 1 heterocycles. The summed E-state index contributed by atoms with van der Waals surface area (Å²) in [6, 6.07) is 0. The zero-order valence-corrected chi connectivity index (χ0v) is 10.7. The molecule has 1 rings (SSSR count). The lowest BCUT2D eigenvalue weighted by atomic mass is 9.90. The summed E-state index contributed by atoms with van der Waals surface area (Å²) in [4.78, 5) is 0. The first-order chi connectivity index (χ1) is 6.78. The summed E-state index contributed by atoms with van der Waals surface area (Å²) >= 11 is 0. The molecule has 1 saturated heterocycles. The second kappa shape index (κ2) is 4.19. The lowest BCUT2D eigenvalue weighted by molar-refractivity contribution is 0.00578. The van der Waals surface area contributed by atoms with E-state index in [0.29, 0.717) is 5.92 Å². The molecule has 0 saturated carbocycles. The molecule has 1 aliphatic heterocycles. The molecular formula is C12H21BO2. The Hall–Kier alpha value is -0.455. The van der Waals surface area contributed by atoms with Crippen molar-refractivity contribution in [2.75, 3.05) is 0 Å². The van der Waals surface area contributed by atoms with Crippen LogP contribution in [-0.4, -0.2) is 18.3 Å². The topological polar surface area (TPSA) is 18.5 Å². The van der Waals surface area contributed by atoms with E-state index in [1.54, 1.807) is 0 Å². The van der Waals surface area contributed by atoms with Crippen LogP contribution in [0, 0.1) is 17.7 Å². The molecule has 0 N–H and O–H groups in total. The Morgan fingerprint density at radius 3 is 2.00 bits per heavy atom. The highest BCUT2D eigenvalue weighted by molar-refractivity contribution is 6.55. The summed E-state index contributed by atoms with van der Waals surface area (Å²) in [7, 11) is -0.371. The predicted octanol–water partition coefficient (Wildman–Crippen LogP) is 2.67. The third kappa shape index (κ3) is 2.77. The SMILES string of the molecule is CCC(C)C#CB1OC(C)(C)C(C)(C)O1. The van der Waals surface area contributed by atoms with Gasteiger partial charge in [0.05, 0.1) is 11.2 Å². The average molecular weight is 208 g/mol. The number of rotatable bonds is 1. The van der Waals surface area contributed by atoms with Crippen LogP contribution >= 0.6 is 0 Å². The highest BCUT2D eigenvalue weighted by Gasteiger charge is 2.50. The molecule has 0 amide bonds. The maximum Gasteiger partial charge on any atom is 0.551 e. The second-order valence-electron chi connectivity index (χ2n) is 5.19. The molecule has 3 heteroatoms. The minimum atomic E-state index is -0.371. The first-order valence-corrected chi connectivity index (χ1v) is 5.65. The van der Waals surface area contributed by atoms with Gasteiger partial charge in [0.2, 0.25) is 0 Å². The van der Waals surface area contributed by atoms with Crippen LogP contribution in [0.3, 0.4) is 0 Å². The Bertz CT molecular complexity index is 270. The van der Waals surface area contributed by atoms with Gasteiger partial charge in [0, 0.05) is 5.92 Å². The van der Waals surface area contributed by atoms with Crippen molar-refractivity contribution in [3.63, 3.8) is 0 Å². The molecule has 0 aromatic rings. The summed E-state index contributed by atoms with van der Waals surface area (Å²) in [6.45, 7) is 12.4. The summed E-state index contributed by atoms with van der Waals surface area (Å²) in [5, 5.41) is 0. The van der Waals surface area contributed by atoms with Crippen LogP contribution in [0.4, 0.5) is 0 Å². The first-order valence-electron chi connectivity index (χ1n) is 5.65. The third-order valence-electron chi connectivity index (χ3n) is 3.31. The van der Waals surface area contributed by atoms with E-state index in [-0.39, 0.29) is 18.3 Å². The summed E-state index contributed by atoms with van der Waals surface area (Å²) in [5.74, 6) is 6.61. The Morgan fingerprint density at radius 2 is 1.60 bits per heavy atom. The van der Waals surface area contributed by atoms with Crippen LogP contribution in [0.15, 0.2) is 0 Å². The van der Waals surface area contributed by atoms with E-state index >= 15 is 0 Å². The van der Waals surface area contributed by atoms with Crippen molar-refractivity contribution in [1.82, 2.24) is 0 Å². The van der Waals surface area contributed by atoms with Crippen molar-refractivity contribution in [3.8, 4) is 11.7 Å². The van der Waals surface area contributed by atoms with Gasteiger partial charge in [0.15, 0.2) is 0 Å². The maximum atomic E-state index is 5.76. The zero-order chi connectivity index (χ0) is 11.7. The van der Waals surface area contributed by atoms with Gasteiger partial charge in [-0.15, -0.1) is 5.92 Å². The molecule has 84 valence electrons. The molecule has 1 fully saturated rings. The van der Waals surface area contributed by atoms with Gasteiger partial charge in [-0.25, -0.2) is 0 Å². The smallest absolute Gasteiger partial charge is 0.392 e. The molecule has 0 radical (unpaired) electrons. The molecule has 0 aromatic heterocycles. The fourth-order valence-electron chi connectivity index (χ4n) is 1.21. The van der Waals surface area contributed by atoms with Gasteiger partial charge >= 0.3 is 7.12 Å². The fourth-order valence-corrected chi connectivity index (χ4v) is 1.21. The van der Waals surface area contributed by atoms with E-state index in [4.69, 9.17) is 9.31 Å². The monoisotopic (exact) mass is 208 g/mol. The van der Waals surface area contributed by atoms with E-state index in [2.05, 4.69) is 25.6 Å². The highest BCUT2D eigenvalue weighted by atomic mass is 16.7. The second-order valence-corrected chi connectivity index (χ2v) is 5.19. The molecule has 15 heavy (non-hydrogen) atoms. The Morgan fingerprint density at radius 1 is 1.13 bits per heavy atom. The Kier molecular flexibility index (Phi) is 3.53. The van der Waals surface area contributed by atoms with Crippen molar-refractivity contribution >= 4 is 7.12 Å². The molecule has 1 atom stereocenters. The predicted molar refractivity (Wildman–Crippen MR) is 63.3 cm³/mol. The van der Waals surface area contributed by atoms with Gasteiger partial charge in [-0.3, -0.25) is 0 Å². The van der Waals surface area contributed by atoms with Crippen molar-refractivity contribution < 1.29 is 9.31 Å². The molecular weight excluding hydrogens is 187 g/mol. The van der Waals surface area contributed by atoms with Gasteiger partial charge in [-0.1, -0.05) is 19.7 Å². The molecule has 1 aliphatic rings.